The zero-order valence-electron chi connectivity index (χ0n) is 8.90. The Morgan fingerprint density at radius 2 is 2.40 bits per heavy atom. The van der Waals surface area contributed by atoms with E-state index in [9.17, 15) is 0 Å². The molecule has 2 aromatic rings. The van der Waals surface area contributed by atoms with Crippen LogP contribution in [0.15, 0.2) is 24.4 Å². The highest BCUT2D eigenvalue weighted by Gasteiger charge is 2.19. The van der Waals surface area contributed by atoms with Gasteiger partial charge >= 0.3 is 0 Å². The van der Waals surface area contributed by atoms with Crippen molar-refractivity contribution in [2.75, 3.05) is 13.1 Å². The lowest BCUT2D eigenvalue weighted by atomic mass is 10.1. The van der Waals surface area contributed by atoms with Crippen LogP contribution in [0.5, 0.6) is 0 Å². The molecule has 3 rings (SSSR count). The minimum Gasteiger partial charge on any atom is -0.315 e. The number of nitrogens with one attached hydrogen (secondary N) is 1. The number of fused-ring (bicyclic) bond motifs is 1. The predicted octanol–water partition coefficient (Wildman–Crippen LogP) is 1.88. The van der Waals surface area contributed by atoms with E-state index >= 15 is 0 Å². The van der Waals surface area contributed by atoms with Crippen LogP contribution in [0.2, 0.25) is 0 Å². The summed E-state index contributed by atoms with van der Waals surface area (Å²) in [4.78, 5) is 0. The summed E-state index contributed by atoms with van der Waals surface area (Å²) in [6.07, 6.45) is 3.16. The molecule has 0 aliphatic carbocycles. The standard InChI is InChI=1S/C12H15N3/c1-9-3-2-4-10-7-14-15(12(9)10)11-5-6-13-8-11/h2-4,7,11,13H,5-6,8H2,1H3. The highest BCUT2D eigenvalue weighted by atomic mass is 15.3. The van der Waals surface area contributed by atoms with Gasteiger partial charge in [0.05, 0.1) is 17.8 Å². The highest BCUT2D eigenvalue weighted by Crippen LogP contribution is 2.24. The lowest BCUT2D eigenvalue weighted by Crippen LogP contribution is -2.14. The van der Waals surface area contributed by atoms with E-state index in [0.29, 0.717) is 6.04 Å². The van der Waals surface area contributed by atoms with Crippen LogP contribution in [0.4, 0.5) is 0 Å². The molecule has 0 saturated carbocycles. The third-order valence-corrected chi connectivity index (χ3v) is 3.20. The van der Waals surface area contributed by atoms with Gasteiger partial charge in [-0.25, -0.2) is 0 Å². The molecule has 1 unspecified atom stereocenters. The third kappa shape index (κ3) is 1.35. The van der Waals surface area contributed by atoms with Crippen LogP contribution in [0.25, 0.3) is 10.9 Å². The second-order valence-corrected chi connectivity index (χ2v) is 4.25. The summed E-state index contributed by atoms with van der Waals surface area (Å²) in [5.74, 6) is 0. The van der Waals surface area contributed by atoms with Crippen molar-refractivity contribution in [2.45, 2.75) is 19.4 Å². The van der Waals surface area contributed by atoms with Crippen molar-refractivity contribution in [3.8, 4) is 0 Å². The van der Waals surface area contributed by atoms with Crippen LogP contribution in [0.3, 0.4) is 0 Å². The van der Waals surface area contributed by atoms with E-state index in [0.717, 1.165) is 13.1 Å². The van der Waals surface area contributed by atoms with Gasteiger partial charge in [-0.2, -0.15) is 5.10 Å². The Bertz CT molecular complexity index is 481. The fraction of sp³-hybridized carbons (Fsp3) is 0.417. The molecule has 0 radical (unpaired) electrons. The number of hydrogen-bond donors (Lipinski definition) is 1. The van der Waals surface area contributed by atoms with E-state index < -0.39 is 0 Å². The molecule has 1 aromatic heterocycles. The molecule has 3 nitrogen and oxygen atoms in total. The van der Waals surface area contributed by atoms with Crippen molar-refractivity contribution >= 4 is 10.9 Å². The lowest BCUT2D eigenvalue weighted by Gasteiger charge is -2.11. The Morgan fingerprint density at radius 3 is 3.20 bits per heavy atom. The summed E-state index contributed by atoms with van der Waals surface area (Å²) >= 11 is 0. The maximum absolute atomic E-state index is 4.51. The van der Waals surface area contributed by atoms with Gasteiger partial charge in [-0.1, -0.05) is 18.2 Å². The first-order valence-electron chi connectivity index (χ1n) is 5.50. The lowest BCUT2D eigenvalue weighted by molar-refractivity contribution is 0.506. The van der Waals surface area contributed by atoms with Gasteiger partial charge in [-0.15, -0.1) is 0 Å². The summed E-state index contributed by atoms with van der Waals surface area (Å²) in [6.45, 7) is 4.31. The highest BCUT2D eigenvalue weighted by molar-refractivity contribution is 5.81. The van der Waals surface area contributed by atoms with Gasteiger partial charge in [0.25, 0.3) is 0 Å². The fourth-order valence-corrected chi connectivity index (χ4v) is 2.41. The third-order valence-electron chi connectivity index (χ3n) is 3.20. The van der Waals surface area contributed by atoms with Crippen molar-refractivity contribution < 1.29 is 0 Å². The molecule has 1 aliphatic heterocycles. The number of benzene rings is 1. The molecule has 0 amide bonds. The number of aryl methyl sites for hydroxylation is 1. The predicted molar refractivity (Wildman–Crippen MR) is 61.0 cm³/mol. The van der Waals surface area contributed by atoms with Gasteiger partial charge < -0.3 is 5.32 Å². The summed E-state index contributed by atoms with van der Waals surface area (Å²) in [5.41, 5.74) is 2.61. The first-order valence-corrected chi connectivity index (χ1v) is 5.50. The maximum Gasteiger partial charge on any atom is 0.0715 e. The van der Waals surface area contributed by atoms with Gasteiger partial charge in [0, 0.05) is 11.9 Å². The summed E-state index contributed by atoms with van der Waals surface area (Å²) in [7, 11) is 0. The smallest absolute Gasteiger partial charge is 0.0715 e. The fourth-order valence-electron chi connectivity index (χ4n) is 2.41. The Labute approximate surface area is 89.1 Å². The monoisotopic (exact) mass is 201 g/mol. The van der Waals surface area contributed by atoms with Crippen molar-refractivity contribution in [3.05, 3.63) is 30.0 Å². The van der Waals surface area contributed by atoms with E-state index in [-0.39, 0.29) is 0 Å². The zero-order valence-corrected chi connectivity index (χ0v) is 8.90. The molecule has 0 bridgehead atoms. The van der Waals surface area contributed by atoms with Gasteiger partial charge in [-0.05, 0) is 25.5 Å². The van der Waals surface area contributed by atoms with E-state index in [2.05, 4.69) is 40.2 Å². The molecule has 0 spiro atoms. The summed E-state index contributed by atoms with van der Waals surface area (Å²) in [6, 6.07) is 6.91. The number of rotatable bonds is 1. The molecule has 3 heteroatoms. The topological polar surface area (TPSA) is 29.9 Å². The maximum atomic E-state index is 4.51. The van der Waals surface area contributed by atoms with E-state index in [1.54, 1.807) is 0 Å². The van der Waals surface area contributed by atoms with Crippen molar-refractivity contribution in [2.24, 2.45) is 0 Å². The number of hydrogen-bond acceptors (Lipinski definition) is 2. The van der Waals surface area contributed by atoms with Gasteiger partial charge in [-0.3, -0.25) is 4.68 Å². The molecule has 1 aliphatic rings. The van der Waals surface area contributed by atoms with Crippen molar-refractivity contribution in [1.29, 1.82) is 0 Å². The average Bonchev–Trinajstić information content (AvgIpc) is 2.85. The molecule has 1 saturated heterocycles. The van der Waals surface area contributed by atoms with E-state index in [1.807, 2.05) is 6.20 Å². The average molecular weight is 201 g/mol. The van der Waals surface area contributed by atoms with Crippen LogP contribution in [0, 0.1) is 6.92 Å². The Kier molecular flexibility index (Phi) is 1.99. The number of para-hydroxylation sites is 1. The van der Waals surface area contributed by atoms with Crippen molar-refractivity contribution in [1.82, 2.24) is 15.1 Å². The Hall–Kier alpha value is -1.35. The van der Waals surface area contributed by atoms with Crippen LogP contribution in [-0.4, -0.2) is 22.9 Å². The van der Waals surface area contributed by atoms with Crippen LogP contribution in [-0.2, 0) is 0 Å². The molecule has 1 atom stereocenters. The van der Waals surface area contributed by atoms with Crippen LogP contribution < -0.4 is 5.32 Å². The van der Waals surface area contributed by atoms with Gasteiger partial charge in [0.1, 0.15) is 0 Å². The zero-order chi connectivity index (χ0) is 10.3. The molecule has 1 N–H and O–H groups in total. The number of aromatic nitrogens is 2. The quantitative estimate of drug-likeness (QED) is 0.763. The van der Waals surface area contributed by atoms with Gasteiger partial charge in [0.2, 0.25) is 0 Å². The molecular weight excluding hydrogens is 186 g/mol. The van der Waals surface area contributed by atoms with Gasteiger partial charge in [0.15, 0.2) is 0 Å². The first-order chi connectivity index (χ1) is 7.36. The van der Waals surface area contributed by atoms with Crippen LogP contribution >= 0.6 is 0 Å². The second kappa shape index (κ2) is 3.35. The molecular formula is C12H15N3. The number of nitrogens with zero attached hydrogens (tertiary/aromatic N) is 2. The van der Waals surface area contributed by atoms with E-state index in [1.165, 1.54) is 22.9 Å². The Balaban J connectivity index is 2.18. The largest absolute Gasteiger partial charge is 0.315 e. The first kappa shape index (κ1) is 8.92. The minimum absolute atomic E-state index is 0.531. The SMILES string of the molecule is Cc1cccc2cnn(C3CCNC3)c12. The van der Waals surface area contributed by atoms with E-state index in [4.69, 9.17) is 0 Å². The van der Waals surface area contributed by atoms with Crippen LogP contribution in [0.1, 0.15) is 18.0 Å². The molecule has 78 valence electrons. The minimum atomic E-state index is 0.531. The van der Waals surface area contributed by atoms with Crippen molar-refractivity contribution in [3.63, 3.8) is 0 Å². The molecule has 1 aromatic carbocycles. The summed E-state index contributed by atoms with van der Waals surface area (Å²) < 4.78 is 2.19. The normalized spacial score (nSPS) is 21.3. The molecule has 15 heavy (non-hydrogen) atoms. The molecule has 1 fully saturated rings. The summed E-state index contributed by atoms with van der Waals surface area (Å²) in [5, 5.41) is 9.15. The Morgan fingerprint density at radius 1 is 1.47 bits per heavy atom. The second-order valence-electron chi connectivity index (χ2n) is 4.25. The molecule has 2 heterocycles.